The van der Waals surface area contributed by atoms with Crippen molar-refractivity contribution >= 4 is 14.8 Å². The monoisotopic (exact) mass is 314 g/mol. The molecular formula is C15H26O5Si. The fourth-order valence-electron chi connectivity index (χ4n) is 4.04. The van der Waals surface area contributed by atoms with Crippen molar-refractivity contribution in [1.82, 2.24) is 0 Å². The van der Waals surface area contributed by atoms with Gasteiger partial charge in [-0.25, -0.2) is 4.79 Å². The topological polar surface area (TPSA) is 54.0 Å². The molecule has 2 saturated carbocycles. The molecule has 120 valence electrons. The van der Waals surface area contributed by atoms with Crippen LogP contribution in [-0.2, 0) is 22.8 Å². The first-order chi connectivity index (χ1) is 9.97. The molecule has 0 heterocycles. The first-order valence-corrected chi connectivity index (χ1v) is 9.25. The van der Waals surface area contributed by atoms with Crippen molar-refractivity contribution < 1.29 is 22.8 Å². The maximum Gasteiger partial charge on any atom is 0.503 e. The normalized spacial score (nSPS) is 31.4. The van der Waals surface area contributed by atoms with E-state index in [1.807, 2.05) is 0 Å². The second-order valence-corrected chi connectivity index (χ2v) is 9.36. The molecule has 4 atom stereocenters. The van der Waals surface area contributed by atoms with Crippen molar-refractivity contribution in [2.45, 2.75) is 31.7 Å². The molecule has 0 aliphatic heterocycles. The molecule has 5 nitrogen and oxygen atoms in total. The summed E-state index contributed by atoms with van der Waals surface area (Å²) in [5.74, 6) is 1.29. The van der Waals surface area contributed by atoms with Crippen molar-refractivity contribution in [3.05, 3.63) is 12.2 Å². The second-order valence-electron chi connectivity index (χ2n) is 6.19. The lowest BCUT2D eigenvalue weighted by molar-refractivity contribution is -0.140. The van der Waals surface area contributed by atoms with Crippen molar-refractivity contribution in [3.63, 3.8) is 0 Å². The van der Waals surface area contributed by atoms with E-state index in [1.165, 1.54) is 0 Å². The van der Waals surface area contributed by atoms with Crippen LogP contribution in [0.1, 0.15) is 26.2 Å². The number of ether oxygens (including phenoxy) is 1. The number of fused-ring (bicyclic) bond motifs is 2. The Labute approximate surface area is 128 Å². The summed E-state index contributed by atoms with van der Waals surface area (Å²) in [5.41, 5.74) is 0.830. The molecule has 0 radical (unpaired) electrons. The quantitative estimate of drug-likeness (QED) is 0.410. The first kappa shape index (κ1) is 16.7. The molecule has 0 N–H and O–H groups in total. The molecule has 2 fully saturated rings. The minimum atomic E-state index is -2.55. The molecule has 0 aromatic carbocycles. The van der Waals surface area contributed by atoms with Gasteiger partial charge in [-0.1, -0.05) is 6.58 Å². The molecule has 2 bridgehead atoms. The largest absolute Gasteiger partial charge is 0.503 e. The maximum atomic E-state index is 11.5. The molecule has 0 saturated heterocycles. The Bertz CT molecular complexity index is 399. The van der Waals surface area contributed by atoms with Crippen LogP contribution in [0.4, 0.5) is 0 Å². The zero-order valence-corrected chi connectivity index (χ0v) is 14.4. The Morgan fingerprint density at radius 1 is 1.10 bits per heavy atom. The van der Waals surface area contributed by atoms with Crippen LogP contribution in [0.3, 0.4) is 0 Å². The van der Waals surface area contributed by atoms with E-state index in [2.05, 4.69) is 6.58 Å². The van der Waals surface area contributed by atoms with Crippen LogP contribution in [0.25, 0.3) is 0 Å². The summed E-state index contributed by atoms with van der Waals surface area (Å²) >= 11 is 0. The molecule has 6 heteroatoms. The third-order valence-electron chi connectivity index (χ3n) is 5.09. The van der Waals surface area contributed by atoms with Crippen LogP contribution >= 0.6 is 0 Å². The third-order valence-corrected chi connectivity index (χ3v) is 8.41. The van der Waals surface area contributed by atoms with E-state index >= 15 is 0 Å². The molecule has 2 aliphatic carbocycles. The van der Waals surface area contributed by atoms with Gasteiger partial charge in [0.1, 0.15) is 0 Å². The molecule has 0 aromatic heterocycles. The molecule has 0 spiro atoms. The van der Waals surface area contributed by atoms with Gasteiger partial charge in [0, 0.05) is 32.4 Å². The Kier molecular flexibility index (Phi) is 5.24. The summed E-state index contributed by atoms with van der Waals surface area (Å²) in [6.07, 6.45) is 3.26. The third kappa shape index (κ3) is 3.08. The van der Waals surface area contributed by atoms with E-state index in [0.717, 1.165) is 19.3 Å². The van der Waals surface area contributed by atoms with E-state index in [1.54, 1.807) is 28.3 Å². The van der Waals surface area contributed by atoms with Crippen molar-refractivity contribution in [1.29, 1.82) is 0 Å². The highest BCUT2D eigenvalue weighted by molar-refractivity contribution is 6.62. The summed E-state index contributed by atoms with van der Waals surface area (Å²) in [7, 11) is 2.48. The van der Waals surface area contributed by atoms with Gasteiger partial charge in [0.25, 0.3) is 0 Å². The van der Waals surface area contributed by atoms with Crippen molar-refractivity contribution in [3.8, 4) is 0 Å². The highest BCUT2D eigenvalue weighted by Crippen LogP contribution is 2.58. The van der Waals surface area contributed by atoms with Gasteiger partial charge in [-0.15, -0.1) is 0 Å². The molecule has 0 aromatic rings. The highest BCUT2D eigenvalue weighted by Gasteiger charge is 2.59. The summed E-state index contributed by atoms with van der Waals surface area (Å²) < 4.78 is 22.2. The fourth-order valence-corrected chi connectivity index (χ4v) is 6.89. The first-order valence-electron chi connectivity index (χ1n) is 7.45. The van der Waals surface area contributed by atoms with Crippen LogP contribution in [-0.4, -0.2) is 42.7 Å². The van der Waals surface area contributed by atoms with Crippen LogP contribution in [0.15, 0.2) is 12.2 Å². The number of hydrogen-bond donors (Lipinski definition) is 0. The summed E-state index contributed by atoms with van der Waals surface area (Å²) in [4.78, 5) is 11.5. The van der Waals surface area contributed by atoms with Crippen LogP contribution < -0.4 is 0 Å². The smallest absolute Gasteiger partial charge is 0.462 e. The van der Waals surface area contributed by atoms with Gasteiger partial charge in [-0.05, 0) is 43.9 Å². The van der Waals surface area contributed by atoms with Gasteiger partial charge in [-0.3, -0.25) is 0 Å². The summed E-state index contributed by atoms with van der Waals surface area (Å²) in [6.45, 7) is 5.78. The Hall–Kier alpha value is -0.693. The second kappa shape index (κ2) is 6.60. The van der Waals surface area contributed by atoms with Gasteiger partial charge >= 0.3 is 14.8 Å². The van der Waals surface area contributed by atoms with Gasteiger partial charge in [0.2, 0.25) is 0 Å². The van der Waals surface area contributed by atoms with Gasteiger partial charge in [0.05, 0.1) is 6.61 Å². The van der Waals surface area contributed by atoms with Gasteiger partial charge in [0.15, 0.2) is 0 Å². The average Bonchev–Trinajstić information content (AvgIpc) is 3.07. The average molecular weight is 314 g/mol. The number of rotatable bonds is 7. The highest BCUT2D eigenvalue weighted by atomic mass is 28.4. The zero-order chi connectivity index (χ0) is 15.6. The van der Waals surface area contributed by atoms with E-state index in [9.17, 15) is 4.79 Å². The van der Waals surface area contributed by atoms with E-state index in [0.29, 0.717) is 35.5 Å². The number of carbonyl (C=O) groups excluding carboxylic acids is 1. The van der Waals surface area contributed by atoms with Crippen molar-refractivity contribution in [2.75, 3.05) is 27.9 Å². The predicted molar refractivity (Wildman–Crippen MR) is 80.6 cm³/mol. The predicted octanol–water partition coefficient (Wildman–Crippen LogP) is 2.40. The lowest BCUT2D eigenvalue weighted by Crippen LogP contribution is -2.49. The lowest BCUT2D eigenvalue weighted by atomic mass is 9.89. The van der Waals surface area contributed by atoms with Crippen LogP contribution in [0, 0.1) is 17.8 Å². The summed E-state index contributed by atoms with van der Waals surface area (Å²) in [5, 5.41) is 0. The minimum absolute atomic E-state index is 0.288. The number of esters is 1. The van der Waals surface area contributed by atoms with Crippen LogP contribution in [0.2, 0.25) is 5.54 Å². The van der Waals surface area contributed by atoms with Crippen LogP contribution in [0.5, 0.6) is 0 Å². The standard InChI is InChI=1S/C15H26O5Si/c1-10(2)15(16)20-9-13-7-12-6-11(13)8-14(12)21(17-3,18-4)19-5/h11-14H,1,6-9H2,2-5H3. The summed E-state index contributed by atoms with van der Waals surface area (Å²) in [6, 6.07) is 0. The molecular weight excluding hydrogens is 288 g/mol. The zero-order valence-electron chi connectivity index (χ0n) is 13.4. The molecule has 4 unspecified atom stereocenters. The van der Waals surface area contributed by atoms with E-state index in [-0.39, 0.29) is 5.97 Å². The van der Waals surface area contributed by atoms with Crippen molar-refractivity contribution in [2.24, 2.45) is 17.8 Å². The molecule has 2 rings (SSSR count). The van der Waals surface area contributed by atoms with Gasteiger partial charge < -0.3 is 18.0 Å². The minimum Gasteiger partial charge on any atom is -0.462 e. The number of carbonyl (C=O) groups is 1. The SMILES string of the molecule is C=C(C)C(=O)OCC1CC2CC1CC2[Si](OC)(OC)OC. The number of hydrogen-bond acceptors (Lipinski definition) is 5. The Morgan fingerprint density at radius 3 is 2.14 bits per heavy atom. The molecule has 0 amide bonds. The van der Waals surface area contributed by atoms with E-state index < -0.39 is 8.80 Å². The van der Waals surface area contributed by atoms with E-state index in [4.69, 9.17) is 18.0 Å². The Morgan fingerprint density at radius 2 is 1.71 bits per heavy atom. The Balaban J connectivity index is 1.92. The fraction of sp³-hybridized carbons (Fsp3) is 0.800. The maximum absolute atomic E-state index is 11.5. The molecule has 2 aliphatic rings. The molecule has 21 heavy (non-hydrogen) atoms. The lowest BCUT2D eigenvalue weighted by Gasteiger charge is -2.36. The van der Waals surface area contributed by atoms with Gasteiger partial charge in [-0.2, -0.15) is 0 Å².